The van der Waals surface area contributed by atoms with Crippen LogP contribution in [0.25, 0.3) is 0 Å². The fraction of sp³-hybridized carbons (Fsp3) is 0.500. The molecule has 0 aromatic heterocycles. The van der Waals surface area contributed by atoms with Gasteiger partial charge in [-0.1, -0.05) is 6.58 Å². The smallest absolute Gasteiger partial charge is 0.331 e. The first-order valence-electron chi connectivity index (χ1n) is 5.44. The molecule has 102 valence electrons. The largest absolute Gasteiger partial charge is 0.478 e. The Labute approximate surface area is 106 Å². The first kappa shape index (κ1) is 16.3. The van der Waals surface area contributed by atoms with Crippen molar-refractivity contribution in [3.8, 4) is 0 Å². The highest BCUT2D eigenvalue weighted by molar-refractivity contribution is 5.92. The lowest BCUT2D eigenvalue weighted by atomic mass is 10.2. The molecule has 0 fully saturated rings. The molecule has 0 aromatic rings. The van der Waals surface area contributed by atoms with Crippen molar-refractivity contribution in [1.29, 1.82) is 0 Å². The minimum atomic E-state index is -0.982. The quantitative estimate of drug-likeness (QED) is 0.294. The zero-order valence-electron chi connectivity index (χ0n) is 10.9. The van der Waals surface area contributed by atoms with Crippen molar-refractivity contribution < 1.29 is 24.5 Å². The van der Waals surface area contributed by atoms with Crippen LogP contribution in [0.1, 0.15) is 20.8 Å². The van der Waals surface area contributed by atoms with Crippen LogP contribution in [-0.2, 0) is 19.4 Å². The van der Waals surface area contributed by atoms with Gasteiger partial charge in [0.1, 0.15) is 6.61 Å². The molecule has 0 unspecified atom stereocenters. The summed E-state index contributed by atoms with van der Waals surface area (Å²) in [7, 11) is 0. The molecule has 0 aromatic carbocycles. The van der Waals surface area contributed by atoms with Crippen molar-refractivity contribution in [3.05, 3.63) is 23.3 Å². The molecule has 0 atom stereocenters. The van der Waals surface area contributed by atoms with Crippen LogP contribution in [0, 0.1) is 0 Å². The van der Waals surface area contributed by atoms with E-state index in [0.717, 1.165) is 0 Å². The predicted octanol–water partition coefficient (Wildman–Crippen LogP) is 1.05. The minimum Gasteiger partial charge on any atom is -0.478 e. The normalized spacial score (nSPS) is 11.7. The molecule has 0 saturated heterocycles. The number of carbonyl (C=O) groups excluding carboxylic acids is 1. The molecule has 0 aliphatic heterocycles. The summed E-state index contributed by atoms with van der Waals surface area (Å²) < 4.78 is 0. The SMILES string of the molecule is C=C(C)C(=O)NCCOOCC(C)=C(C)C(=O)O. The summed E-state index contributed by atoms with van der Waals surface area (Å²) in [4.78, 5) is 31.3. The average molecular weight is 257 g/mol. The molecule has 6 heteroatoms. The Morgan fingerprint density at radius 3 is 2.33 bits per heavy atom. The monoisotopic (exact) mass is 257 g/mol. The second-order valence-electron chi connectivity index (χ2n) is 3.83. The molecule has 0 heterocycles. The molecular formula is C12H19NO5. The minimum absolute atomic E-state index is 0.0760. The Morgan fingerprint density at radius 2 is 1.83 bits per heavy atom. The molecule has 0 saturated carbocycles. The van der Waals surface area contributed by atoms with Gasteiger partial charge in [0, 0.05) is 17.7 Å². The number of hydrogen-bond acceptors (Lipinski definition) is 4. The Kier molecular flexibility index (Phi) is 7.66. The van der Waals surface area contributed by atoms with E-state index in [-0.39, 0.29) is 24.7 Å². The van der Waals surface area contributed by atoms with Gasteiger partial charge in [-0.3, -0.25) is 4.79 Å². The van der Waals surface area contributed by atoms with Crippen molar-refractivity contribution in [1.82, 2.24) is 5.32 Å². The van der Waals surface area contributed by atoms with Crippen LogP contribution in [0.4, 0.5) is 0 Å². The number of nitrogens with one attached hydrogen (secondary N) is 1. The van der Waals surface area contributed by atoms with Gasteiger partial charge in [0.2, 0.25) is 5.91 Å². The topological polar surface area (TPSA) is 84.9 Å². The summed E-state index contributed by atoms with van der Waals surface area (Å²) in [5.74, 6) is -1.22. The highest BCUT2D eigenvalue weighted by Gasteiger charge is 2.05. The second-order valence-corrected chi connectivity index (χ2v) is 3.83. The maximum Gasteiger partial charge on any atom is 0.331 e. The van der Waals surface area contributed by atoms with Crippen molar-refractivity contribution in [2.45, 2.75) is 20.8 Å². The van der Waals surface area contributed by atoms with Crippen molar-refractivity contribution >= 4 is 11.9 Å². The van der Waals surface area contributed by atoms with Crippen molar-refractivity contribution in [2.75, 3.05) is 19.8 Å². The summed E-state index contributed by atoms with van der Waals surface area (Å²) in [5.41, 5.74) is 1.23. The highest BCUT2D eigenvalue weighted by Crippen LogP contribution is 2.03. The standard InChI is InChI=1S/C12H19NO5/c1-8(2)11(14)13-5-6-17-18-7-9(3)10(4)12(15)16/h1,5-7H2,2-4H3,(H,13,14)(H,15,16). The van der Waals surface area contributed by atoms with Crippen molar-refractivity contribution in [2.24, 2.45) is 0 Å². The molecule has 0 bridgehead atoms. The van der Waals surface area contributed by atoms with Crippen molar-refractivity contribution in [3.63, 3.8) is 0 Å². The first-order valence-corrected chi connectivity index (χ1v) is 5.44. The lowest BCUT2D eigenvalue weighted by Gasteiger charge is -2.07. The lowest BCUT2D eigenvalue weighted by Crippen LogP contribution is -2.27. The Morgan fingerprint density at radius 1 is 1.22 bits per heavy atom. The van der Waals surface area contributed by atoms with Gasteiger partial charge in [0.05, 0.1) is 6.61 Å². The predicted molar refractivity (Wildman–Crippen MR) is 65.7 cm³/mol. The van der Waals surface area contributed by atoms with Crippen LogP contribution >= 0.6 is 0 Å². The van der Waals surface area contributed by atoms with Crippen LogP contribution < -0.4 is 5.32 Å². The van der Waals surface area contributed by atoms with Crippen LogP contribution in [0.2, 0.25) is 0 Å². The zero-order valence-corrected chi connectivity index (χ0v) is 10.9. The van der Waals surface area contributed by atoms with Crippen LogP contribution in [0.5, 0.6) is 0 Å². The highest BCUT2D eigenvalue weighted by atomic mass is 17.2. The number of rotatable bonds is 8. The number of carboxylic acid groups (broad SMARTS) is 1. The van der Waals surface area contributed by atoms with Gasteiger partial charge in [-0.05, 0) is 26.3 Å². The fourth-order valence-corrected chi connectivity index (χ4v) is 0.837. The summed E-state index contributed by atoms with van der Waals surface area (Å²) in [5, 5.41) is 11.3. The van der Waals surface area contributed by atoms with Gasteiger partial charge in [0.15, 0.2) is 0 Å². The van der Waals surface area contributed by atoms with E-state index in [9.17, 15) is 9.59 Å². The lowest BCUT2D eigenvalue weighted by molar-refractivity contribution is -0.286. The molecule has 0 aliphatic rings. The van der Waals surface area contributed by atoms with Gasteiger partial charge in [-0.2, -0.15) is 0 Å². The molecular weight excluding hydrogens is 238 g/mol. The van der Waals surface area contributed by atoms with E-state index in [0.29, 0.717) is 17.7 Å². The van der Waals surface area contributed by atoms with E-state index in [1.807, 2.05) is 0 Å². The molecule has 18 heavy (non-hydrogen) atoms. The van der Waals surface area contributed by atoms with E-state index in [2.05, 4.69) is 11.9 Å². The molecule has 1 amide bonds. The second kappa shape index (κ2) is 8.43. The third-order valence-electron chi connectivity index (χ3n) is 2.18. The first-order chi connectivity index (χ1) is 8.36. The van der Waals surface area contributed by atoms with Crippen LogP contribution in [0.3, 0.4) is 0 Å². The number of carboxylic acids is 1. The van der Waals surface area contributed by atoms with Gasteiger partial charge in [-0.15, -0.1) is 0 Å². The van der Waals surface area contributed by atoms with E-state index in [4.69, 9.17) is 14.9 Å². The molecule has 2 N–H and O–H groups in total. The molecule has 0 rings (SSSR count). The summed E-state index contributed by atoms with van der Waals surface area (Å²) in [6.45, 7) is 8.79. The zero-order chi connectivity index (χ0) is 14.1. The van der Waals surface area contributed by atoms with Crippen LogP contribution in [-0.4, -0.2) is 36.7 Å². The van der Waals surface area contributed by atoms with Gasteiger partial charge in [0.25, 0.3) is 0 Å². The summed E-state index contributed by atoms with van der Waals surface area (Å²) >= 11 is 0. The van der Waals surface area contributed by atoms with E-state index in [1.54, 1.807) is 13.8 Å². The third kappa shape index (κ3) is 6.82. The van der Waals surface area contributed by atoms with Gasteiger partial charge in [-0.25, -0.2) is 14.6 Å². The van der Waals surface area contributed by atoms with E-state index in [1.165, 1.54) is 6.92 Å². The Bertz CT molecular complexity index is 359. The average Bonchev–Trinajstić information content (AvgIpc) is 2.31. The Balaban J connectivity index is 3.70. The number of hydrogen-bond donors (Lipinski definition) is 2. The third-order valence-corrected chi connectivity index (χ3v) is 2.18. The van der Waals surface area contributed by atoms with E-state index >= 15 is 0 Å². The van der Waals surface area contributed by atoms with Gasteiger partial charge < -0.3 is 10.4 Å². The summed E-state index contributed by atoms with van der Waals surface area (Å²) in [6, 6.07) is 0. The number of amides is 1. The molecule has 0 radical (unpaired) electrons. The van der Waals surface area contributed by atoms with Gasteiger partial charge >= 0.3 is 5.97 Å². The fourth-order valence-electron chi connectivity index (χ4n) is 0.837. The molecule has 6 nitrogen and oxygen atoms in total. The van der Waals surface area contributed by atoms with Crippen LogP contribution in [0.15, 0.2) is 23.3 Å². The van der Waals surface area contributed by atoms with E-state index < -0.39 is 5.97 Å². The summed E-state index contributed by atoms with van der Waals surface area (Å²) in [6.07, 6.45) is 0. The Hall–Kier alpha value is -1.66. The molecule has 0 spiro atoms. The maximum atomic E-state index is 11.1. The molecule has 0 aliphatic carbocycles. The maximum absolute atomic E-state index is 11.1. The number of aliphatic carboxylic acids is 1. The number of carbonyl (C=O) groups is 2.